The SMILES string of the molecule is O=[N+]([O-])c1cccc(S(=O)(=O)NCc2cccs2)c1. The van der Waals surface area contributed by atoms with E-state index in [1.807, 2.05) is 11.4 Å². The number of nitrogens with one attached hydrogen (secondary N) is 1. The third kappa shape index (κ3) is 3.37. The standard InChI is InChI=1S/C11H10N2O4S2/c14-13(15)9-3-1-5-11(7-9)19(16,17)12-8-10-4-2-6-18-10/h1-7,12H,8H2. The maximum atomic E-state index is 12.0. The van der Waals surface area contributed by atoms with E-state index in [0.29, 0.717) is 0 Å². The van der Waals surface area contributed by atoms with Crippen molar-refractivity contribution >= 4 is 27.0 Å². The number of hydrogen-bond acceptors (Lipinski definition) is 5. The van der Waals surface area contributed by atoms with Crippen LogP contribution in [-0.4, -0.2) is 13.3 Å². The zero-order chi connectivity index (χ0) is 13.9. The van der Waals surface area contributed by atoms with E-state index in [9.17, 15) is 18.5 Å². The van der Waals surface area contributed by atoms with Crippen molar-refractivity contribution in [2.75, 3.05) is 0 Å². The first-order chi connectivity index (χ1) is 8.99. The van der Waals surface area contributed by atoms with Gasteiger partial charge in [0, 0.05) is 23.6 Å². The molecule has 1 N–H and O–H groups in total. The van der Waals surface area contributed by atoms with Crippen molar-refractivity contribution in [2.24, 2.45) is 0 Å². The molecule has 0 amide bonds. The second-order valence-corrected chi connectivity index (χ2v) is 6.46. The average molecular weight is 298 g/mol. The van der Waals surface area contributed by atoms with Gasteiger partial charge in [0.2, 0.25) is 10.0 Å². The van der Waals surface area contributed by atoms with E-state index in [0.717, 1.165) is 10.9 Å². The Kier molecular flexibility index (Phi) is 3.93. The zero-order valence-corrected chi connectivity index (χ0v) is 11.3. The van der Waals surface area contributed by atoms with Gasteiger partial charge < -0.3 is 0 Å². The van der Waals surface area contributed by atoms with Crippen LogP contribution in [0.1, 0.15) is 4.88 Å². The van der Waals surface area contributed by atoms with E-state index in [2.05, 4.69) is 4.72 Å². The first-order valence-electron chi connectivity index (χ1n) is 5.25. The molecule has 0 unspecified atom stereocenters. The van der Waals surface area contributed by atoms with Crippen LogP contribution in [0.15, 0.2) is 46.7 Å². The minimum absolute atomic E-state index is 0.113. The van der Waals surface area contributed by atoms with Crippen LogP contribution < -0.4 is 4.72 Å². The maximum absolute atomic E-state index is 12.0. The molecule has 0 aliphatic rings. The predicted octanol–water partition coefficient (Wildman–Crippen LogP) is 2.13. The summed E-state index contributed by atoms with van der Waals surface area (Å²) in [6.07, 6.45) is 0. The smallest absolute Gasteiger partial charge is 0.258 e. The molecular formula is C11H10N2O4S2. The Bertz CT molecular complexity index is 680. The van der Waals surface area contributed by atoms with Gasteiger partial charge in [0.15, 0.2) is 0 Å². The van der Waals surface area contributed by atoms with Crippen molar-refractivity contribution in [3.63, 3.8) is 0 Å². The largest absolute Gasteiger partial charge is 0.270 e. The van der Waals surface area contributed by atoms with Crippen LogP contribution in [0.2, 0.25) is 0 Å². The highest BCUT2D eigenvalue weighted by molar-refractivity contribution is 7.89. The molecule has 100 valence electrons. The van der Waals surface area contributed by atoms with Crippen LogP contribution >= 0.6 is 11.3 Å². The molecule has 0 aliphatic carbocycles. The number of hydrogen-bond donors (Lipinski definition) is 1. The van der Waals surface area contributed by atoms with Gasteiger partial charge in [-0.1, -0.05) is 12.1 Å². The summed E-state index contributed by atoms with van der Waals surface area (Å²) in [4.78, 5) is 10.7. The third-order valence-electron chi connectivity index (χ3n) is 2.36. The molecule has 19 heavy (non-hydrogen) atoms. The number of sulfonamides is 1. The van der Waals surface area contributed by atoms with Gasteiger partial charge in [0.25, 0.3) is 5.69 Å². The fourth-order valence-corrected chi connectivity index (χ4v) is 3.21. The average Bonchev–Trinajstić information content (AvgIpc) is 2.90. The summed E-state index contributed by atoms with van der Waals surface area (Å²) >= 11 is 1.43. The molecule has 0 aliphatic heterocycles. The highest BCUT2D eigenvalue weighted by atomic mass is 32.2. The normalized spacial score (nSPS) is 11.4. The van der Waals surface area contributed by atoms with Gasteiger partial charge in [-0.3, -0.25) is 10.1 Å². The van der Waals surface area contributed by atoms with Crippen molar-refractivity contribution < 1.29 is 13.3 Å². The summed E-state index contributed by atoms with van der Waals surface area (Å²) < 4.78 is 26.4. The van der Waals surface area contributed by atoms with Gasteiger partial charge in [-0.2, -0.15) is 0 Å². The van der Waals surface area contributed by atoms with E-state index in [1.165, 1.54) is 29.5 Å². The number of nitrogens with zero attached hydrogens (tertiary/aromatic N) is 1. The Labute approximate surface area is 113 Å². The fourth-order valence-electron chi connectivity index (χ4n) is 1.43. The Morgan fingerprint density at radius 3 is 2.68 bits per heavy atom. The quantitative estimate of drug-likeness (QED) is 0.676. The molecule has 0 saturated heterocycles. The number of nitro benzene ring substituents is 1. The topological polar surface area (TPSA) is 89.3 Å². The minimum atomic E-state index is -3.74. The van der Waals surface area contributed by atoms with Crippen LogP contribution in [0, 0.1) is 10.1 Å². The molecule has 1 aromatic carbocycles. The van der Waals surface area contributed by atoms with Crippen LogP contribution in [0.4, 0.5) is 5.69 Å². The number of thiophene rings is 1. The number of benzene rings is 1. The minimum Gasteiger partial charge on any atom is -0.258 e. The molecule has 0 fully saturated rings. The summed E-state index contributed by atoms with van der Waals surface area (Å²) in [6.45, 7) is 0.169. The Morgan fingerprint density at radius 1 is 1.26 bits per heavy atom. The van der Waals surface area contributed by atoms with E-state index < -0.39 is 14.9 Å². The van der Waals surface area contributed by atoms with Crippen LogP contribution in [0.5, 0.6) is 0 Å². The molecule has 8 heteroatoms. The van der Waals surface area contributed by atoms with Gasteiger partial charge >= 0.3 is 0 Å². The summed E-state index contributed by atoms with van der Waals surface area (Å²) in [5.41, 5.74) is -0.251. The lowest BCUT2D eigenvalue weighted by Crippen LogP contribution is -2.22. The molecule has 1 aromatic heterocycles. The summed E-state index contributed by atoms with van der Waals surface area (Å²) in [5, 5.41) is 12.5. The molecular weight excluding hydrogens is 288 g/mol. The highest BCUT2D eigenvalue weighted by Gasteiger charge is 2.17. The predicted molar refractivity (Wildman–Crippen MR) is 71.4 cm³/mol. The van der Waals surface area contributed by atoms with Gasteiger partial charge in [-0.25, -0.2) is 13.1 Å². The van der Waals surface area contributed by atoms with Crippen molar-refractivity contribution in [1.29, 1.82) is 0 Å². The van der Waals surface area contributed by atoms with Crippen molar-refractivity contribution in [3.8, 4) is 0 Å². The lowest BCUT2D eigenvalue weighted by Gasteiger charge is -2.05. The Morgan fingerprint density at radius 2 is 2.05 bits per heavy atom. The molecule has 6 nitrogen and oxygen atoms in total. The van der Waals surface area contributed by atoms with Gasteiger partial charge in [-0.05, 0) is 17.5 Å². The maximum Gasteiger partial charge on any atom is 0.270 e. The first kappa shape index (κ1) is 13.7. The molecule has 0 radical (unpaired) electrons. The third-order valence-corrected chi connectivity index (χ3v) is 4.63. The van der Waals surface area contributed by atoms with Gasteiger partial charge in [-0.15, -0.1) is 11.3 Å². The summed E-state index contributed by atoms with van der Waals surface area (Å²) in [5.74, 6) is 0. The van der Waals surface area contributed by atoms with Crippen LogP contribution in [-0.2, 0) is 16.6 Å². The van der Waals surface area contributed by atoms with Gasteiger partial charge in [0.1, 0.15) is 0 Å². The second kappa shape index (κ2) is 5.47. The monoisotopic (exact) mass is 298 g/mol. The lowest BCUT2D eigenvalue weighted by molar-refractivity contribution is -0.385. The first-order valence-corrected chi connectivity index (χ1v) is 7.62. The molecule has 0 atom stereocenters. The number of non-ortho nitro benzene ring substituents is 1. The number of rotatable bonds is 5. The highest BCUT2D eigenvalue weighted by Crippen LogP contribution is 2.18. The molecule has 0 saturated carbocycles. The van der Waals surface area contributed by atoms with E-state index in [1.54, 1.807) is 6.07 Å². The van der Waals surface area contributed by atoms with E-state index >= 15 is 0 Å². The number of nitro groups is 1. The lowest BCUT2D eigenvalue weighted by atomic mass is 10.3. The van der Waals surface area contributed by atoms with Crippen molar-refractivity contribution in [2.45, 2.75) is 11.4 Å². The zero-order valence-electron chi connectivity index (χ0n) is 9.65. The van der Waals surface area contributed by atoms with Crippen molar-refractivity contribution in [1.82, 2.24) is 4.72 Å². The van der Waals surface area contributed by atoms with Gasteiger partial charge in [0.05, 0.1) is 9.82 Å². The molecule has 1 heterocycles. The van der Waals surface area contributed by atoms with Crippen LogP contribution in [0.3, 0.4) is 0 Å². The fraction of sp³-hybridized carbons (Fsp3) is 0.0909. The Balaban J connectivity index is 2.19. The summed E-state index contributed by atoms with van der Waals surface area (Å²) in [6, 6.07) is 8.58. The van der Waals surface area contributed by atoms with Crippen molar-refractivity contribution in [3.05, 3.63) is 56.8 Å². The second-order valence-electron chi connectivity index (χ2n) is 3.66. The summed E-state index contributed by atoms with van der Waals surface area (Å²) in [7, 11) is -3.74. The molecule has 0 spiro atoms. The molecule has 2 aromatic rings. The molecule has 2 rings (SSSR count). The van der Waals surface area contributed by atoms with Crippen LogP contribution in [0.25, 0.3) is 0 Å². The Hall–Kier alpha value is -1.77. The molecule has 0 bridgehead atoms. The van der Waals surface area contributed by atoms with E-state index in [-0.39, 0.29) is 17.1 Å². The van der Waals surface area contributed by atoms with E-state index in [4.69, 9.17) is 0 Å².